The number of nitrogens with zero attached hydrogens (tertiary/aromatic N) is 1. The molecular weight excluding hydrogens is 218 g/mol. The second-order valence-corrected chi connectivity index (χ2v) is 5.07. The third-order valence-electron chi connectivity index (χ3n) is 3.56. The summed E-state index contributed by atoms with van der Waals surface area (Å²) in [6, 6.07) is 0.237. The first kappa shape index (κ1) is 13.8. The highest BCUT2D eigenvalue weighted by molar-refractivity contribution is 6.01. The summed E-state index contributed by atoms with van der Waals surface area (Å²) in [5, 5.41) is 14.4. The largest absolute Gasteiger partial charge is 0.409 e. The van der Waals surface area contributed by atoms with Gasteiger partial charge in [-0.1, -0.05) is 24.9 Å². The number of carbonyl (C=O) groups is 1. The lowest BCUT2D eigenvalue weighted by molar-refractivity contribution is -0.123. The quantitative estimate of drug-likeness (QED) is 0.230. The molecule has 1 aliphatic rings. The summed E-state index contributed by atoms with van der Waals surface area (Å²) in [5.41, 5.74) is 5.41. The lowest BCUT2D eigenvalue weighted by Gasteiger charge is -2.19. The van der Waals surface area contributed by atoms with Crippen molar-refractivity contribution in [3.8, 4) is 0 Å². The second-order valence-electron chi connectivity index (χ2n) is 5.07. The van der Waals surface area contributed by atoms with Crippen molar-refractivity contribution in [2.75, 3.05) is 0 Å². The minimum absolute atomic E-state index is 0.0375. The standard InChI is InChI=1S/C12H23N3O2/c1-8-4-3-5-10(7-6-8)14-12(16)9(2)11(13)15-17/h8-10,17H,3-7H2,1-2H3,(H2,13,15)(H,14,16). The van der Waals surface area contributed by atoms with Crippen LogP contribution in [0.4, 0.5) is 0 Å². The van der Waals surface area contributed by atoms with Crippen molar-refractivity contribution in [3.05, 3.63) is 0 Å². The highest BCUT2D eigenvalue weighted by atomic mass is 16.4. The first-order valence-corrected chi connectivity index (χ1v) is 6.32. The fourth-order valence-electron chi connectivity index (χ4n) is 2.18. The predicted octanol–water partition coefficient (Wildman–Crippen LogP) is 1.45. The van der Waals surface area contributed by atoms with Gasteiger partial charge >= 0.3 is 0 Å². The molecule has 5 heteroatoms. The Kier molecular flexibility index (Phi) is 5.25. The average molecular weight is 241 g/mol. The molecule has 4 N–H and O–H groups in total. The highest BCUT2D eigenvalue weighted by Crippen LogP contribution is 2.22. The zero-order valence-corrected chi connectivity index (χ0v) is 10.6. The van der Waals surface area contributed by atoms with Crippen LogP contribution in [0.2, 0.25) is 0 Å². The minimum Gasteiger partial charge on any atom is -0.409 e. The van der Waals surface area contributed by atoms with Gasteiger partial charge in [-0.05, 0) is 32.1 Å². The van der Waals surface area contributed by atoms with Gasteiger partial charge in [0.25, 0.3) is 0 Å². The fraction of sp³-hybridized carbons (Fsp3) is 0.833. The number of carbonyl (C=O) groups excluding carboxylic acids is 1. The Labute approximate surface area is 102 Å². The number of amides is 1. The molecule has 0 aromatic carbocycles. The molecule has 98 valence electrons. The van der Waals surface area contributed by atoms with Crippen LogP contribution in [-0.2, 0) is 4.79 Å². The van der Waals surface area contributed by atoms with Gasteiger partial charge in [-0.15, -0.1) is 0 Å². The lowest BCUT2D eigenvalue weighted by atomic mass is 10.0. The van der Waals surface area contributed by atoms with Crippen LogP contribution in [0, 0.1) is 11.8 Å². The van der Waals surface area contributed by atoms with Crippen molar-refractivity contribution in [2.45, 2.75) is 52.0 Å². The molecule has 5 nitrogen and oxygen atoms in total. The fourth-order valence-corrected chi connectivity index (χ4v) is 2.18. The van der Waals surface area contributed by atoms with Crippen molar-refractivity contribution in [1.29, 1.82) is 0 Å². The van der Waals surface area contributed by atoms with Gasteiger partial charge in [-0.25, -0.2) is 0 Å². The van der Waals surface area contributed by atoms with E-state index in [1.54, 1.807) is 6.92 Å². The zero-order valence-electron chi connectivity index (χ0n) is 10.6. The van der Waals surface area contributed by atoms with Crippen LogP contribution in [0.5, 0.6) is 0 Å². The third-order valence-corrected chi connectivity index (χ3v) is 3.56. The van der Waals surface area contributed by atoms with Crippen molar-refractivity contribution < 1.29 is 10.0 Å². The number of nitrogens with one attached hydrogen (secondary N) is 1. The van der Waals surface area contributed by atoms with Crippen molar-refractivity contribution in [3.63, 3.8) is 0 Å². The molecule has 1 amide bonds. The number of nitrogens with two attached hydrogens (primary N) is 1. The molecule has 0 saturated heterocycles. The van der Waals surface area contributed by atoms with Crippen LogP contribution in [-0.4, -0.2) is 23.0 Å². The maximum absolute atomic E-state index is 11.8. The Morgan fingerprint density at radius 3 is 2.76 bits per heavy atom. The van der Waals surface area contributed by atoms with Gasteiger partial charge in [0.05, 0.1) is 5.92 Å². The van der Waals surface area contributed by atoms with Crippen molar-refractivity contribution in [1.82, 2.24) is 5.32 Å². The average Bonchev–Trinajstić information content (AvgIpc) is 2.52. The van der Waals surface area contributed by atoms with E-state index in [9.17, 15) is 4.79 Å². The maximum Gasteiger partial charge on any atom is 0.230 e. The molecule has 0 aromatic rings. The Morgan fingerprint density at radius 1 is 1.41 bits per heavy atom. The van der Waals surface area contributed by atoms with Crippen LogP contribution in [0.25, 0.3) is 0 Å². The van der Waals surface area contributed by atoms with E-state index in [1.165, 1.54) is 6.42 Å². The number of hydrogen-bond acceptors (Lipinski definition) is 3. The van der Waals surface area contributed by atoms with Crippen molar-refractivity contribution >= 4 is 11.7 Å². The van der Waals surface area contributed by atoms with Crippen LogP contribution in [0.15, 0.2) is 5.16 Å². The summed E-state index contributed by atoms with van der Waals surface area (Å²) < 4.78 is 0. The number of hydrogen-bond donors (Lipinski definition) is 3. The second kappa shape index (κ2) is 6.47. The SMILES string of the molecule is CC1CCCC(NC(=O)C(C)C(N)=NO)CC1. The molecule has 1 rings (SSSR count). The molecular formula is C12H23N3O2. The van der Waals surface area contributed by atoms with Gasteiger partial charge in [0.15, 0.2) is 5.84 Å². The van der Waals surface area contributed by atoms with E-state index in [-0.39, 0.29) is 17.8 Å². The van der Waals surface area contributed by atoms with Gasteiger partial charge in [0.1, 0.15) is 0 Å². The number of amidine groups is 1. The lowest BCUT2D eigenvalue weighted by Crippen LogP contribution is -2.42. The van der Waals surface area contributed by atoms with E-state index >= 15 is 0 Å². The molecule has 3 unspecified atom stereocenters. The Balaban J connectivity index is 2.45. The molecule has 0 aliphatic heterocycles. The van der Waals surface area contributed by atoms with Crippen molar-refractivity contribution in [2.24, 2.45) is 22.7 Å². The molecule has 0 radical (unpaired) electrons. The number of rotatable bonds is 3. The van der Waals surface area contributed by atoms with E-state index in [2.05, 4.69) is 17.4 Å². The summed E-state index contributed by atoms with van der Waals surface area (Å²) in [4.78, 5) is 11.8. The van der Waals surface area contributed by atoms with Gasteiger partial charge in [-0.3, -0.25) is 4.79 Å². The van der Waals surface area contributed by atoms with Crippen LogP contribution >= 0.6 is 0 Å². The Hall–Kier alpha value is -1.26. The van der Waals surface area contributed by atoms with Crippen LogP contribution in [0.3, 0.4) is 0 Å². The molecule has 3 atom stereocenters. The molecule has 1 saturated carbocycles. The third kappa shape index (κ3) is 4.24. The van der Waals surface area contributed by atoms with Gasteiger partial charge < -0.3 is 16.3 Å². The predicted molar refractivity (Wildman–Crippen MR) is 66.8 cm³/mol. The molecule has 0 spiro atoms. The first-order chi connectivity index (χ1) is 8.04. The first-order valence-electron chi connectivity index (χ1n) is 6.32. The molecule has 0 heterocycles. The van der Waals surface area contributed by atoms with E-state index in [1.807, 2.05) is 0 Å². The molecule has 1 aliphatic carbocycles. The monoisotopic (exact) mass is 241 g/mol. The smallest absolute Gasteiger partial charge is 0.230 e. The summed E-state index contributed by atoms with van der Waals surface area (Å²) in [6.45, 7) is 3.90. The van der Waals surface area contributed by atoms with Gasteiger partial charge in [-0.2, -0.15) is 0 Å². The van der Waals surface area contributed by atoms with Gasteiger partial charge in [0.2, 0.25) is 5.91 Å². The summed E-state index contributed by atoms with van der Waals surface area (Å²) in [7, 11) is 0. The highest BCUT2D eigenvalue weighted by Gasteiger charge is 2.22. The van der Waals surface area contributed by atoms with E-state index in [0.29, 0.717) is 0 Å². The maximum atomic E-state index is 11.8. The molecule has 0 aromatic heterocycles. The van der Waals surface area contributed by atoms with E-state index in [0.717, 1.165) is 31.6 Å². The van der Waals surface area contributed by atoms with Crippen LogP contribution in [0.1, 0.15) is 46.0 Å². The zero-order chi connectivity index (χ0) is 12.8. The molecule has 1 fully saturated rings. The topological polar surface area (TPSA) is 87.7 Å². The normalized spacial score (nSPS) is 28.2. The molecule has 17 heavy (non-hydrogen) atoms. The molecule has 0 bridgehead atoms. The summed E-state index contributed by atoms with van der Waals surface area (Å²) >= 11 is 0. The summed E-state index contributed by atoms with van der Waals surface area (Å²) in [5.74, 6) is -0.0107. The van der Waals surface area contributed by atoms with E-state index < -0.39 is 5.92 Å². The Morgan fingerprint density at radius 2 is 2.12 bits per heavy atom. The van der Waals surface area contributed by atoms with Crippen LogP contribution < -0.4 is 11.1 Å². The number of oxime groups is 1. The van der Waals surface area contributed by atoms with Gasteiger partial charge in [0, 0.05) is 6.04 Å². The Bertz CT molecular complexity index is 291. The van der Waals surface area contributed by atoms with E-state index in [4.69, 9.17) is 10.9 Å². The summed E-state index contributed by atoms with van der Waals surface area (Å²) in [6.07, 6.45) is 5.60. The minimum atomic E-state index is -0.569.